The van der Waals surface area contributed by atoms with Gasteiger partial charge in [-0.3, -0.25) is 0 Å². The molecule has 0 spiro atoms. The number of halogens is 1. The summed E-state index contributed by atoms with van der Waals surface area (Å²) in [6.07, 6.45) is 2.47. The molecule has 2 aromatic carbocycles. The van der Waals surface area contributed by atoms with E-state index >= 15 is 0 Å². The minimum Gasteiger partial charge on any atom is -0.455 e. The molecule has 3 rings (SSSR count). The molecule has 2 aromatic rings. The molecular weight excluding hydrogens is 258 g/mol. The van der Waals surface area contributed by atoms with Gasteiger partial charge in [0.05, 0.1) is 5.69 Å². The van der Waals surface area contributed by atoms with E-state index < -0.39 is 0 Å². The van der Waals surface area contributed by atoms with Gasteiger partial charge >= 0.3 is 0 Å². The van der Waals surface area contributed by atoms with Crippen LogP contribution in [0.25, 0.3) is 0 Å². The molecule has 0 N–H and O–H groups in total. The second-order valence-electron chi connectivity index (χ2n) is 4.72. The van der Waals surface area contributed by atoms with Crippen molar-refractivity contribution >= 4 is 17.3 Å². The van der Waals surface area contributed by atoms with Crippen molar-refractivity contribution < 1.29 is 4.74 Å². The van der Waals surface area contributed by atoms with Crippen LogP contribution in [-0.2, 0) is 0 Å². The van der Waals surface area contributed by atoms with E-state index in [1.54, 1.807) is 0 Å². The van der Waals surface area contributed by atoms with Gasteiger partial charge < -0.3 is 9.64 Å². The highest BCUT2D eigenvalue weighted by Gasteiger charge is 2.17. The lowest BCUT2D eigenvalue weighted by Crippen LogP contribution is -2.18. The number of anilines is 1. The lowest BCUT2D eigenvalue weighted by Gasteiger charge is -2.21. The largest absolute Gasteiger partial charge is 0.455 e. The van der Waals surface area contributed by atoms with Crippen LogP contribution in [0.3, 0.4) is 0 Å². The maximum Gasteiger partial charge on any atom is 0.150 e. The lowest BCUT2D eigenvalue weighted by molar-refractivity contribution is 0.482. The van der Waals surface area contributed by atoms with Gasteiger partial charge in [0.2, 0.25) is 0 Å². The van der Waals surface area contributed by atoms with Gasteiger partial charge in [0.25, 0.3) is 0 Å². The summed E-state index contributed by atoms with van der Waals surface area (Å²) in [7, 11) is 0. The van der Waals surface area contributed by atoms with Crippen LogP contribution in [0.1, 0.15) is 12.8 Å². The topological polar surface area (TPSA) is 12.5 Å². The van der Waals surface area contributed by atoms with Crippen LogP contribution in [0, 0.1) is 0 Å². The molecule has 3 heteroatoms. The predicted octanol–water partition coefficient (Wildman–Crippen LogP) is 4.73. The summed E-state index contributed by atoms with van der Waals surface area (Å²) in [4.78, 5) is 2.34. The third kappa shape index (κ3) is 2.85. The fraction of sp³-hybridized carbons (Fsp3) is 0.250. The van der Waals surface area contributed by atoms with Crippen molar-refractivity contribution in [2.45, 2.75) is 12.8 Å². The summed E-state index contributed by atoms with van der Waals surface area (Å²) in [6.45, 7) is 2.15. The Kier molecular flexibility index (Phi) is 3.60. The summed E-state index contributed by atoms with van der Waals surface area (Å²) in [5.41, 5.74) is 1.09. The van der Waals surface area contributed by atoms with Crippen molar-refractivity contribution in [2.75, 3.05) is 18.0 Å². The van der Waals surface area contributed by atoms with Crippen molar-refractivity contribution in [3.63, 3.8) is 0 Å². The van der Waals surface area contributed by atoms with Crippen molar-refractivity contribution in [2.24, 2.45) is 0 Å². The molecule has 0 unspecified atom stereocenters. The normalized spacial score (nSPS) is 14.7. The van der Waals surface area contributed by atoms with Gasteiger partial charge in [-0.2, -0.15) is 0 Å². The van der Waals surface area contributed by atoms with Crippen LogP contribution in [0.15, 0.2) is 48.5 Å². The van der Waals surface area contributed by atoms with E-state index in [0.717, 1.165) is 35.3 Å². The molecule has 0 atom stereocenters. The zero-order valence-corrected chi connectivity index (χ0v) is 11.4. The van der Waals surface area contributed by atoms with Crippen molar-refractivity contribution in [1.82, 2.24) is 0 Å². The average molecular weight is 274 g/mol. The predicted molar refractivity (Wildman–Crippen MR) is 79.4 cm³/mol. The number of hydrogen-bond donors (Lipinski definition) is 0. The Labute approximate surface area is 118 Å². The maximum absolute atomic E-state index is 6.12. The summed E-state index contributed by atoms with van der Waals surface area (Å²) in [5, 5.41) is 0.752. The molecule has 1 saturated heterocycles. The second-order valence-corrected chi connectivity index (χ2v) is 5.16. The third-order valence-electron chi connectivity index (χ3n) is 3.34. The second kappa shape index (κ2) is 5.54. The highest BCUT2D eigenvalue weighted by molar-refractivity contribution is 6.30. The van der Waals surface area contributed by atoms with E-state index in [1.165, 1.54) is 12.8 Å². The molecule has 1 fully saturated rings. The molecule has 1 aliphatic heterocycles. The van der Waals surface area contributed by atoms with Crippen LogP contribution in [-0.4, -0.2) is 13.1 Å². The Morgan fingerprint density at radius 3 is 2.42 bits per heavy atom. The summed E-state index contributed by atoms with van der Waals surface area (Å²) in [5.74, 6) is 1.72. The van der Waals surface area contributed by atoms with Gasteiger partial charge in [0.1, 0.15) is 5.75 Å². The van der Waals surface area contributed by atoms with Crippen molar-refractivity contribution in [3.05, 3.63) is 53.6 Å². The Morgan fingerprint density at radius 2 is 1.68 bits per heavy atom. The third-order valence-corrected chi connectivity index (χ3v) is 3.57. The number of benzene rings is 2. The number of para-hydroxylation sites is 1. The Balaban J connectivity index is 1.91. The number of ether oxygens (including phenoxy) is 1. The van der Waals surface area contributed by atoms with Gasteiger partial charge in [0, 0.05) is 18.1 Å². The van der Waals surface area contributed by atoms with E-state index in [0.29, 0.717) is 0 Å². The summed E-state index contributed by atoms with van der Waals surface area (Å²) in [6, 6.07) is 15.7. The molecule has 2 nitrogen and oxygen atoms in total. The van der Waals surface area contributed by atoms with Crippen LogP contribution in [0.2, 0.25) is 5.02 Å². The van der Waals surface area contributed by atoms with E-state index in [-0.39, 0.29) is 0 Å². The standard InChI is InChI=1S/C16H16ClNO/c17-13-8-9-16(19-14-6-2-1-3-7-14)15(12-13)18-10-4-5-11-18/h1-3,6-9,12H,4-5,10-11H2. The minimum atomic E-state index is 0.752. The first-order valence-corrected chi connectivity index (χ1v) is 6.98. The first-order valence-electron chi connectivity index (χ1n) is 6.60. The molecule has 98 valence electrons. The molecule has 0 saturated carbocycles. The average Bonchev–Trinajstić information content (AvgIpc) is 2.96. The zero-order valence-electron chi connectivity index (χ0n) is 10.7. The van der Waals surface area contributed by atoms with Crippen molar-refractivity contribution in [1.29, 1.82) is 0 Å². The van der Waals surface area contributed by atoms with Gasteiger partial charge in [-0.15, -0.1) is 0 Å². The maximum atomic E-state index is 6.12. The smallest absolute Gasteiger partial charge is 0.150 e. The Bertz CT molecular complexity index is 550. The van der Waals surface area contributed by atoms with Gasteiger partial charge in [-0.25, -0.2) is 0 Å². The first-order chi connectivity index (χ1) is 9.33. The minimum absolute atomic E-state index is 0.752. The summed E-state index contributed by atoms with van der Waals surface area (Å²) < 4.78 is 5.98. The van der Waals surface area contributed by atoms with Gasteiger partial charge in [-0.1, -0.05) is 29.8 Å². The summed E-state index contributed by atoms with van der Waals surface area (Å²) >= 11 is 6.12. The van der Waals surface area contributed by atoms with E-state index in [4.69, 9.17) is 16.3 Å². The quantitative estimate of drug-likeness (QED) is 0.801. The molecular formula is C16H16ClNO. The number of nitrogens with zero attached hydrogens (tertiary/aromatic N) is 1. The van der Waals surface area contributed by atoms with Crippen LogP contribution >= 0.6 is 11.6 Å². The molecule has 0 radical (unpaired) electrons. The number of hydrogen-bond acceptors (Lipinski definition) is 2. The molecule has 0 amide bonds. The van der Waals surface area contributed by atoms with E-state index in [9.17, 15) is 0 Å². The molecule has 1 aliphatic rings. The highest BCUT2D eigenvalue weighted by Crippen LogP contribution is 2.36. The fourth-order valence-electron chi connectivity index (χ4n) is 2.40. The lowest BCUT2D eigenvalue weighted by atomic mass is 10.2. The molecule has 19 heavy (non-hydrogen) atoms. The van der Waals surface area contributed by atoms with E-state index in [2.05, 4.69) is 4.90 Å². The van der Waals surface area contributed by atoms with Crippen molar-refractivity contribution in [3.8, 4) is 11.5 Å². The SMILES string of the molecule is Clc1ccc(Oc2ccccc2)c(N2CCCC2)c1. The first kappa shape index (κ1) is 12.4. The van der Waals surface area contributed by atoms with Crippen LogP contribution < -0.4 is 9.64 Å². The fourth-order valence-corrected chi connectivity index (χ4v) is 2.56. The molecule has 1 heterocycles. The van der Waals surface area contributed by atoms with E-state index in [1.807, 2.05) is 48.5 Å². The van der Waals surface area contributed by atoms with Gasteiger partial charge in [-0.05, 0) is 43.2 Å². The molecule has 0 aliphatic carbocycles. The Hall–Kier alpha value is -1.67. The zero-order chi connectivity index (χ0) is 13.1. The van der Waals surface area contributed by atoms with Gasteiger partial charge in [0.15, 0.2) is 5.75 Å². The molecule has 0 aromatic heterocycles. The van der Waals surface area contributed by atoms with Crippen LogP contribution in [0.4, 0.5) is 5.69 Å². The van der Waals surface area contributed by atoms with Crippen LogP contribution in [0.5, 0.6) is 11.5 Å². The number of rotatable bonds is 3. The Morgan fingerprint density at radius 1 is 0.947 bits per heavy atom. The molecule has 0 bridgehead atoms. The highest BCUT2D eigenvalue weighted by atomic mass is 35.5. The monoisotopic (exact) mass is 273 g/mol.